The highest BCUT2D eigenvalue weighted by molar-refractivity contribution is 5.76. The second-order valence-electron chi connectivity index (χ2n) is 6.88. The van der Waals surface area contributed by atoms with Crippen LogP contribution in [0.1, 0.15) is 65.7 Å². The van der Waals surface area contributed by atoms with Gasteiger partial charge in [0.2, 0.25) is 5.91 Å². The smallest absolute Gasteiger partial charge is 0.220 e. The summed E-state index contributed by atoms with van der Waals surface area (Å²) >= 11 is 0. The fourth-order valence-corrected chi connectivity index (χ4v) is 2.57. The molecule has 3 nitrogen and oxygen atoms in total. The summed E-state index contributed by atoms with van der Waals surface area (Å²) in [5.74, 6) is 0.658. The van der Waals surface area contributed by atoms with Gasteiger partial charge in [-0.1, -0.05) is 20.8 Å². The van der Waals surface area contributed by atoms with Crippen LogP contribution >= 0.6 is 0 Å². The third-order valence-corrected chi connectivity index (χ3v) is 3.80. The molecule has 2 N–H and O–H groups in total. The zero-order chi connectivity index (χ0) is 13.6. The quantitative estimate of drug-likeness (QED) is 0.793. The Morgan fingerprint density at radius 1 is 1.22 bits per heavy atom. The first-order valence-corrected chi connectivity index (χ1v) is 7.31. The van der Waals surface area contributed by atoms with E-state index in [-0.39, 0.29) is 5.91 Å². The molecular weight excluding hydrogens is 226 g/mol. The van der Waals surface area contributed by atoms with Crippen LogP contribution in [0.4, 0.5) is 0 Å². The van der Waals surface area contributed by atoms with Gasteiger partial charge in [0.15, 0.2) is 0 Å². The highest BCUT2D eigenvalue weighted by Crippen LogP contribution is 2.24. The third-order valence-electron chi connectivity index (χ3n) is 3.80. The Bertz CT molecular complexity index is 250. The molecule has 0 bridgehead atoms. The average Bonchev–Trinajstić information content (AvgIpc) is 2.28. The van der Waals surface area contributed by atoms with Gasteiger partial charge in [0.05, 0.1) is 0 Å². The van der Waals surface area contributed by atoms with Gasteiger partial charge in [-0.3, -0.25) is 4.79 Å². The molecule has 1 aliphatic carbocycles. The molecule has 0 aromatic rings. The van der Waals surface area contributed by atoms with Crippen LogP contribution in [0.15, 0.2) is 0 Å². The maximum atomic E-state index is 11.8. The minimum absolute atomic E-state index is 0.201. The predicted octanol–water partition coefficient (Wildman–Crippen LogP) is 2.87. The van der Waals surface area contributed by atoms with Crippen molar-refractivity contribution in [3.8, 4) is 0 Å². The Morgan fingerprint density at radius 2 is 1.83 bits per heavy atom. The van der Waals surface area contributed by atoms with E-state index in [1.54, 1.807) is 0 Å². The standard InChI is InChI=1S/C15H29NO2/c1-15(2,3)10-4-5-14(18)16-13-8-6-12(11-17)7-9-13/h12-13,17H,4-11H2,1-3H3,(H,16,18). The van der Waals surface area contributed by atoms with Crippen LogP contribution in [0, 0.1) is 11.3 Å². The van der Waals surface area contributed by atoms with E-state index in [0.717, 1.165) is 38.5 Å². The monoisotopic (exact) mass is 255 g/mol. The van der Waals surface area contributed by atoms with Gasteiger partial charge in [0.25, 0.3) is 0 Å². The van der Waals surface area contributed by atoms with Gasteiger partial charge in [-0.15, -0.1) is 0 Å². The van der Waals surface area contributed by atoms with E-state index < -0.39 is 0 Å². The summed E-state index contributed by atoms with van der Waals surface area (Å²) < 4.78 is 0. The topological polar surface area (TPSA) is 49.3 Å². The number of carbonyl (C=O) groups is 1. The average molecular weight is 255 g/mol. The SMILES string of the molecule is CC(C)(C)CCCC(=O)NC1CCC(CO)CC1. The molecule has 0 atom stereocenters. The van der Waals surface area contributed by atoms with E-state index in [1.807, 2.05) is 0 Å². The van der Waals surface area contributed by atoms with Crippen LogP contribution in [-0.2, 0) is 4.79 Å². The fourth-order valence-electron chi connectivity index (χ4n) is 2.57. The van der Waals surface area contributed by atoms with Crippen molar-refractivity contribution in [2.75, 3.05) is 6.61 Å². The Morgan fingerprint density at radius 3 is 2.33 bits per heavy atom. The summed E-state index contributed by atoms with van der Waals surface area (Å²) in [5.41, 5.74) is 0.319. The van der Waals surface area contributed by atoms with Gasteiger partial charge in [-0.05, 0) is 49.9 Å². The van der Waals surface area contributed by atoms with E-state index in [2.05, 4.69) is 26.1 Å². The van der Waals surface area contributed by atoms with Crippen LogP contribution in [0.3, 0.4) is 0 Å². The molecular formula is C15H29NO2. The number of hydrogen-bond acceptors (Lipinski definition) is 2. The van der Waals surface area contributed by atoms with E-state index in [9.17, 15) is 4.79 Å². The summed E-state index contributed by atoms with van der Waals surface area (Å²) in [7, 11) is 0. The van der Waals surface area contributed by atoms with E-state index >= 15 is 0 Å². The second kappa shape index (κ2) is 7.13. The van der Waals surface area contributed by atoms with Crippen molar-refractivity contribution in [1.82, 2.24) is 5.32 Å². The largest absolute Gasteiger partial charge is 0.396 e. The van der Waals surface area contributed by atoms with Crippen molar-refractivity contribution < 1.29 is 9.90 Å². The van der Waals surface area contributed by atoms with Gasteiger partial charge < -0.3 is 10.4 Å². The molecule has 1 aliphatic rings. The lowest BCUT2D eigenvalue weighted by Crippen LogP contribution is -2.38. The summed E-state index contributed by atoms with van der Waals surface area (Å²) in [4.78, 5) is 11.8. The van der Waals surface area contributed by atoms with Gasteiger partial charge >= 0.3 is 0 Å². The highest BCUT2D eigenvalue weighted by Gasteiger charge is 2.21. The van der Waals surface area contributed by atoms with Crippen molar-refractivity contribution >= 4 is 5.91 Å². The lowest BCUT2D eigenvalue weighted by Gasteiger charge is -2.28. The molecule has 3 heteroatoms. The summed E-state index contributed by atoms with van der Waals surface area (Å²) in [6.45, 7) is 6.93. The zero-order valence-corrected chi connectivity index (χ0v) is 12.2. The molecule has 106 valence electrons. The summed E-state index contributed by atoms with van der Waals surface area (Å²) in [5, 5.41) is 12.2. The molecule has 0 radical (unpaired) electrons. The van der Waals surface area contributed by atoms with Crippen LogP contribution in [-0.4, -0.2) is 23.7 Å². The van der Waals surface area contributed by atoms with Gasteiger partial charge in [-0.25, -0.2) is 0 Å². The molecule has 0 aromatic carbocycles. The highest BCUT2D eigenvalue weighted by atomic mass is 16.3. The second-order valence-corrected chi connectivity index (χ2v) is 6.88. The Balaban J connectivity index is 2.13. The van der Waals surface area contributed by atoms with Crippen molar-refractivity contribution in [3.63, 3.8) is 0 Å². The van der Waals surface area contributed by atoms with Gasteiger partial charge in [-0.2, -0.15) is 0 Å². The summed E-state index contributed by atoms with van der Waals surface area (Å²) in [6, 6.07) is 0.343. The first kappa shape index (κ1) is 15.5. The molecule has 1 fully saturated rings. The maximum absolute atomic E-state index is 11.8. The molecule has 1 saturated carbocycles. The minimum atomic E-state index is 0.201. The first-order chi connectivity index (χ1) is 8.40. The Kier molecular flexibility index (Phi) is 6.13. The zero-order valence-electron chi connectivity index (χ0n) is 12.2. The number of rotatable bonds is 5. The number of nitrogens with one attached hydrogen (secondary N) is 1. The minimum Gasteiger partial charge on any atom is -0.396 e. The Labute approximate surface area is 111 Å². The van der Waals surface area contributed by atoms with Crippen molar-refractivity contribution in [2.45, 2.75) is 71.8 Å². The lowest BCUT2D eigenvalue weighted by atomic mass is 9.86. The van der Waals surface area contributed by atoms with Crippen LogP contribution in [0.2, 0.25) is 0 Å². The molecule has 0 aliphatic heterocycles. The van der Waals surface area contributed by atoms with E-state index in [0.29, 0.717) is 30.4 Å². The maximum Gasteiger partial charge on any atom is 0.220 e. The summed E-state index contributed by atoms with van der Waals surface area (Å²) in [6.07, 6.45) is 6.86. The van der Waals surface area contributed by atoms with Crippen LogP contribution < -0.4 is 5.32 Å². The molecule has 0 spiro atoms. The number of aliphatic hydroxyl groups is 1. The third kappa shape index (κ3) is 6.39. The number of carbonyl (C=O) groups excluding carboxylic acids is 1. The molecule has 1 amide bonds. The molecule has 18 heavy (non-hydrogen) atoms. The molecule has 0 heterocycles. The molecule has 0 aromatic heterocycles. The van der Waals surface area contributed by atoms with Crippen LogP contribution in [0.25, 0.3) is 0 Å². The van der Waals surface area contributed by atoms with Gasteiger partial charge in [0, 0.05) is 19.1 Å². The molecule has 0 saturated heterocycles. The Hall–Kier alpha value is -0.570. The normalized spacial score (nSPS) is 24.9. The van der Waals surface area contributed by atoms with Gasteiger partial charge in [0.1, 0.15) is 0 Å². The van der Waals surface area contributed by atoms with E-state index in [1.165, 1.54) is 0 Å². The number of aliphatic hydroxyl groups excluding tert-OH is 1. The van der Waals surface area contributed by atoms with Crippen LogP contribution in [0.5, 0.6) is 0 Å². The van der Waals surface area contributed by atoms with Crippen molar-refractivity contribution in [3.05, 3.63) is 0 Å². The lowest BCUT2D eigenvalue weighted by molar-refractivity contribution is -0.122. The van der Waals surface area contributed by atoms with E-state index in [4.69, 9.17) is 5.11 Å². The molecule has 1 rings (SSSR count). The predicted molar refractivity (Wildman–Crippen MR) is 74.3 cm³/mol. The van der Waals surface area contributed by atoms with Crippen molar-refractivity contribution in [2.24, 2.45) is 11.3 Å². The van der Waals surface area contributed by atoms with Crippen molar-refractivity contribution in [1.29, 1.82) is 0 Å². The fraction of sp³-hybridized carbons (Fsp3) is 0.933. The number of hydrogen-bond donors (Lipinski definition) is 2. The first-order valence-electron chi connectivity index (χ1n) is 7.31. The number of amides is 1. The molecule has 0 unspecified atom stereocenters.